The van der Waals surface area contributed by atoms with Gasteiger partial charge in [-0.25, -0.2) is 4.79 Å². The van der Waals surface area contributed by atoms with Crippen LogP contribution in [-0.4, -0.2) is 37.6 Å². The number of ether oxygens (including phenoxy) is 3. The van der Waals surface area contributed by atoms with Gasteiger partial charge in [-0.2, -0.15) is 13.2 Å². The number of methoxy groups -OCH3 is 1. The van der Waals surface area contributed by atoms with E-state index < -0.39 is 35.6 Å². The molecule has 0 saturated heterocycles. The van der Waals surface area contributed by atoms with Gasteiger partial charge in [-0.15, -0.1) is 0 Å². The van der Waals surface area contributed by atoms with Gasteiger partial charge in [0.15, 0.2) is 24.2 Å². The third-order valence-corrected chi connectivity index (χ3v) is 4.09. The van der Waals surface area contributed by atoms with Gasteiger partial charge >= 0.3 is 12.1 Å². The van der Waals surface area contributed by atoms with Crippen molar-refractivity contribution in [2.24, 2.45) is 5.73 Å². The Morgan fingerprint density at radius 2 is 1.85 bits per heavy atom. The number of halogens is 3. The Labute approximate surface area is 187 Å². The molecule has 33 heavy (non-hydrogen) atoms. The van der Waals surface area contributed by atoms with Crippen LogP contribution in [0.15, 0.2) is 48.5 Å². The molecule has 0 heterocycles. The first-order chi connectivity index (χ1) is 15.5. The van der Waals surface area contributed by atoms with Crippen molar-refractivity contribution in [1.82, 2.24) is 0 Å². The van der Waals surface area contributed by atoms with Crippen molar-refractivity contribution in [2.45, 2.75) is 19.2 Å². The molecule has 176 valence electrons. The fraction of sp³-hybridized carbons (Fsp3) is 0.227. The summed E-state index contributed by atoms with van der Waals surface area (Å²) in [5.41, 5.74) is 4.55. The van der Waals surface area contributed by atoms with E-state index in [0.29, 0.717) is 11.3 Å². The van der Waals surface area contributed by atoms with Crippen LogP contribution in [0.2, 0.25) is 0 Å². The molecule has 0 aliphatic carbocycles. The predicted octanol–water partition coefficient (Wildman–Crippen LogP) is 3.16. The van der Waals surface area contributed by atoms with Crippen LogP contribution in [0.5, 0.6) is 11.5 Å². The lowest BCUT2D eigenvalue weighted by Crippen LogP contribution is -2.29. The lowest BCUT2D eigenvalue weighted by atomic mass is 10.2. The molecule has 3 N–H and O–H groups in total. The highest BCUT2D eigenvalue weighted by atomic mass is 19.4. The second-order valence-electron chi connectivity index (χ2n) is 6.65. The number of amides is 2. The zero-order valence-electron chi connectivity index (χ0n) is 17.6. The number of hydrogen-bond acceptors (Lipinski definition) is 6. The van der Waals surface area contributed by atoms with Gasteiger partial charge in [0.25, 0.3) is 11.8 Å². The molecule has 2 amide bonds. The number of carbonyl (C=O) groups is 3. The minimum atomic E-state index is -4.56. The maximum atomic E-state index is 12.8. The van der Waals surface area contributed by atoms with Gasteiger partial charge in [-0.05, 0) is 48.9 Å². The Balaban J connectivity index is 1.96. The van der Waals surface area contributed by atoms with Crippen LogP contribution in [0.4, 0.5) is 18.9 Å². The number of nitrogens with two attached hydrogens (primary N) is 1. The summed E-state index contributed by atoms with van der Waals surface area (Å²) in [6.07, 6.45) is -3.37. The first-order valence-corrected chi connectivity index (χ1v) is 9.45. The molecule has 0 radical (unpaired) electrons. The molecular formula is C22H21F3N2O6. The fourth-order valence-electron chi connectivity index (χ4n) is 2.50. The van der Waals surface area contributed by atoms with Crippen LogP contribution in [0.1, 0.15) is 18.1 Å². The molecule has 0 aliphatic rings. The first kappa shape index (κ1) is 25.2. The Morgan fingerprint density at radius 1 is 1.12 bits per heavy atom. The summed E-state index contributed by atoms with van der Waals surface area (Å²) in [7, 11) is 1.39. The van der Waals surface area contributed by atoms with Gasteiger partial charge in [-0.1, -0.05) is 12.1 Å². The number of alkyl halides is 3. The fourth-order valence-corrected chi connectivity index (χ4v) is 2.50. The lowest BCUT2D eigenvalue weighted by molar-refractivity contribution is -0.148. The second-order valence-corrected chi connectivity index (χ2v) is 6.65. The number of hydrogen-bond donors (Lipinski definition) is 2. The molecule has 1 atom stereocenters. The summed E-state index contributed by atoms with van der Waals surface area (Å²) in [6.45, 7) is 0.945. The summed E-state index contributed by atoms with van der Waals surface area (Å²) in [5.74, 6) is -1.74. The van der Waals surface area contributed by atoms with E-state index in [-0.39, 0.29) is 18.0 Å². The second kappa shape index (κ2) is 11.0. The molecule has 2 rings (SSSR count). The van der Waals surface area contributed by atoms with Crippen LogP contribution in [-0.2, 0) is 25.3 Å². The van der Waals surface area contributed by atoms with Crippen molar-refractivity contribution in [3.8, 4) is 11.5 Å². The van der Waals surface area contributed by atoms with Crippen molar-refractivity contribution >= 4 is 29.5 Å². The number of rotatable bonds is 9. The van der Waals surface area contributed by atoms with E-state index in [9.17, 15) is 27.6 Å². The highest BCUT2D eigenvalue weighted by Crippen LogP contribution is 2.31. The summed E-state index contributed by atoms with van der Waals surface area (Å²) in [5, 5.41) is 2.27. The highest BCUT2D eigenvalue weighted by Gasteiger charge is 2.30. The van der Waals surface area contributed by atoms with Gasteiger partial charge < -0.3 is 25.3 Å². The van der Waals surface area contributed by atoms with Crippen molar-refractivity contribution < 1.29 is 41.8 Å². The molecule has 0 spiro atoms. The Morgan fingerprint density at radius 3 is 2.48 bits per heavy atom. The smallest absolute Gasteiger partial charge is 0.416 e. The molecule has 0 aromatic heterocycles. The molecule has 2 aromatic rings. The van der Waals surface area contributed by atoms with Gasteiger partial charge in [0, 0.05) is 11.8 Å². The van der Waals surface area contributed by atoms with Crippen molar-refractivity contribution in [2.75, 3.05) is 19.0 Å². The largest absolute Gasteiger partial charge is 0.493 e. The third-order valence-electron chi connectivity index (χ3n) is 4.09. The zero-order chi connectivity index (χ0) is 24.6. The Bertz CT molecular complexity index is 1050. The minimum Gasteiger partial charge on any atom is -0.493 e. The van der Waals surface area contributed by atoms with E-state index in [4.69, 9.17) is 19.9 Å². The predicted molar refractivity (Wildman–Crippen MR) is 112 cm³/mol. The summed E-state index contributed by atoms with van der Waals surface area (Å²) < 4.78 is 53.7. The van der Waals surface area contributed by atoms with Crippen molar-refractivity contribution in [3.63, 3.8) is 0 Å². The molecule has 2 aromatic carbocycles. The van der Waals surface area contributed by atoms with E-state index >= 15 is 0 Å². The Kier molecular flexibility index (Phi) is 8.43. The van der Waals surface area contributed by atoms with Crippen LogP contribution in [0.25, 0.3) is 6.08 Å². The monoisotopic (exact) mass is 466 g/mol. The number of esters is 1. The summed E-state index contributed by atoms with van der Waals surface area (Å²) >= 11 is 0. The van der Waals surface area contributed by atoms with E-state index in [0.717, 1.165) is 24.3 Å². The maximum absolute atomic E-state index is 12.8. The molecule has 8 nitrogen and oxygen atoms in total. The highest BCUT2D eigenvalue weighted by molar-refractivity contribution is 5.96. The molecule has 11 heteroatoms. The Hall–Kier alpha value is -4.02. The number of primary amides is 1. The number of anilines is 1. The molecular weight excluding hydrogens is 445 g/mol. The summed E-state index contributed by atoms with van der Waals surface area (Å²) in [4.78, 5) is 35.0. The van der Waals surface area contributed by atoms with Crippen LogP contribution >= 0.6 is 0 Å². The van der Waals surface area contributed by atoms with Crippen molar-refractivity contribution in [3.05, 3.63) is 59.7 Å². The zero-order valence-corrected chi connectivity index (χ0v) is 17.6. The van der Waals surface area contributed by atoms with Crippen LogP contribution in [0.3, 0.4) is 0 Å². The first-order valence-electron chi connectivity index (χ1n) is 9.45. The SMILES string of the molecule is COc1cc(/C=C/C(=O)OC(C)C(=O)Nc2cccc(C(F)(F)F)c2)ccc1OCC(N)=O. The minimum absolute atomic E-state index is 0.0843. The summed E-state index contributed by atoms with van der Waals surface area (Å²) in [6, 6.07) is 8.70. The molecule has 0 saturated carbocycles. The van der Waals surface area contributed by atoms with Gasteiger partial charge in [0.2, 0.25) is 0 Å². The quantitative estimate of drug-likeness (QED) is 0.433. The standard InChI is InChI=1S/C22H21F3N2O6/c1-13(21(30)27-16-5-3-4-15(11-16)22(23,24)25)33-20(29)9-7-14-6-8-17(18(10-14)31-2)32-12-19(26)28/h3-11,13H,12H2,1-2H3,(H2,26,28)(H,27,30)/b9-7+. The number of carbonyl (C=O) groups excluding carboxylic acids is 3. The van der Waals surface area contributed by atoms with Gasteiger partial charge in [0.1, 0.15) is 0 Å². The lowest BCUT2D eigenvalue weighted by Gasteiger charge is -2.14. The molecule has 0 aliphatic heterocycles. The van der Waals surface area contributed by atoms with E-state index in [1.165, 1.54) is 38.3 Å². The maximum Gasteiger partial charge on any atom is 0.416 e. The average molecular weight is 466 g/mol. The molecule has 0 bridgehead atoms. The topological polar surface area (TPSA) is 117 Å². The number of benzene rings is 2. The van der Waals surface area contributed by atoms with Crippen molar-refractivity contribution in [1.29, 1.82) is 0 Å². The van der Waals surface area contributed by atoms with E-state index in [1.54, 1.807) is 6.07 Å². The average Bonchev–Trinajstić information content (AvgIpc) is 2.75. The molecule has 0 fully saturated rings. The van der Waals surface area contributed by atoms with Crippen LogP contribution in [0, 0.1) is 0 Å². The van der Waals surface area contributed by atoms with E-state index in [1.807, 2.05) is 0 Å². The van der Waals surface area contributed by atoms with Gasteiger partial charge in [-0.3, -0.25) is 9.59 Å². The van der Waals surface area contributed by atoms with Crippen LogP contribution < -0.4 is 20.5 Å². The normalized spacial score (nSPS) is 12.2. The third kappa shape index (κ3) is 7.87. The molecule has 1 unspecified atom stereocenters. The number of nitrogens with one attached hydrogen (secondary N) is 1. The van der Waals surface area contributed by atoms with Gasteiger partial charge in [0.05, 0.1) is 12.7 Å². The van der Waals surface area contributed by atoms with E-state index in [2.05, 4.69) is 5.32 Å².